The number of carbonyl (C=O) groups is 1. The van der Waals surface area contributed by atoms with Gasteiger partial charge in [-0.25, -0.2) is 4.39 Å². The maximum atomic E-state index is 13.3. The molecule has 0 atom stereocenters. The molecule has 0 radical (unpaired) electrons. The SMILES string of the molecule is O=Cc1ccc(OCC2CC2)c(F)c1F. The minimum atomic E-state index is -1.14. The van der Waals surface area contributed by atoms with Crippen LogP contribution in [0, 0.1) is 17.6 Å². The van der Waals surface area contributed by atoms with Crippen molar-refractivity contribution >= 4 is 6.29 Å². The van der Waals surface area contributed by atoms with Crippen LogP contribution >= 0.6 is 0 Å². The highest BCUT2D eigenvalue weighted by molar-refractivity contribution is 5.75. The third kappa shape index (κ3) is 2.14. The predicted octanol–water partition coefficient (Wildman–Crippen LogP) is 2.57. The topological polar surface area (TPSA) is 26.3 Å². The number of rotatable bonds is 4. The van der Waals surface area contributed by atoms with Gasteiger partial charge in [-0.05, 0) is 30.9 Å². The Labute approximate surface area is 85.9 Å². The lowest BCUT2D eigenvalue weighted by Crippen LogP contribution is -2.03. The molecule has 2 nitrogen and oxygen atoms in total. The number of halogens is 2. The second-order valence-corrected chi connectivity index (χ2v) is 3.65. The van der Waals surface area contributed by atoms with E-state index in [1.807, 2.05) is 0 Å². The van der Waals surface area contributed by atoms with Gasteiger partial charge in [-0.2, -0.15) is 4.39 Å². The van der Waals surface area contributed by atoms with Crippen LogP contribution in [0.3, 0.4) is 0 Å². The Morgan fingerprint density at radius 3 is 2.67 bits per heavy atom. The van der Waals surface area contributed by atoms with Crippen molar-refractivity contribution in [2.45, 2.75) is 12.8 Å². The highest BCUT2D eigenvalue weighted by atomic mass is 19.2. The van der Waals surface area contributed by atoms with Crippen molar-refractivity contribution in [3.05, 3.63) is 29.3 Å². The van der Waals surface area contributed by atoms with Crippen molar-refractivity contribution in [1.29, 1.82) is 0 Å². The monoisotopic (exact) mass is 212 g/mol. The van der Waals surface area contributed by atoms with Crippen molar-refractivity contribution in [3.63, 3.8) is 0 Å². The molecule has 0 aromatic heterocycles. The van der Waals surface area contributed by atoms with Crippen LogP contribution in [0.15, 0.2) is 12.1 Å². The summed E-state index contributed by atoms with van der Waals surface area (Å²) in [6, 6.07) is 2.50. The molecule has 1 fully saturated rings. The second kappa shape index (κ2) is 3.96. The zero-order valence-corrected chi connectivity index (χ0v) is 8.00. The van der Waals surface area contributed by atoms with E-state index in [0.717, 1.165) is 12.8 Å². The third-order valence-electron chi connectivity index (χ3n) is 2.38. The number of benzene rings is 1. The van der Waals surface area contributed by atoms with E-state index in [1.54, 1.807) is 0 Å². The second-order valence-electron chi connectivity index (χ2n) is 3.65. The summed E-state index contributed by atoms with van der Waals surface area (Å²) in [7, 11) is 0. The fourth-order valence-corrected chi connectivity index (χ4v) is 1.24. The summed E-state index contributed by atoms with van der Waals surface area (Å²) in [5, 5.41) is 0. The number of hydrogen-bond donors (Lipinski definition) is 0. The van der Waals surface area contributed by atoms with Crippen molar-refractivity contribution < 1.29 is 18.3 Å². The molecular weight excluding hydrogens is 202 g/mol. The maximum Gasteiger partial charge on any atom is 0.201 e. The van der Waals surface area contributed by atoms with Crippen LogP contribution in [-0.4, -0.2) is 12.9 Å². The first-order valence-electron chi connectivity index (χ1n) is 4.78. The average molecular weight is 212 g/mol. The zero-order chi connectivity index (χ0) is 10.8. The van der Waals surface area contributed by atoms with E-state index in [0.29, 0.717) is 12.5 Å². The van der Waals surface area contributed by atoms with Crippen LogP contribution in [0.4, 0.5) is 8.78 Å². The van der Waals surface area contributed by atoms with Crippen molar-refractivity contribution in [2.75, 3.05) is 6.61 Å². The number of ether oxygens (including phenoxy) is 1. The van der Waals surface area contributed by atoms with E-state index in [2.05, 4.69) is 0 Å². The highest BCUT2D eigenvalue weighted by Crippen LogP contribution is 2.30. The van der Waals surface area contributed by atoms with E-state index >= 15 is 0 Å². The molecule has 2 rings (SSSR count). The molecule has 0 unspecified atom stereocenters. The largest absolute Gasteiger partial charge is 0.490 e. The molecule has 1 saturated carbocycles. The van der Waals surface area contributed by atoms with Crippen LogP contribution in [0.25, 0.3) is 0 Å². The summed E-state index contributed by atoms with van der Waals surface area (Å²) in [6.07, 6.45) is 2.44. The van der Waals surface area contributed by atoms with E-state index in [4.69, 9.17) is 4.74 Å². The maximum absolute atomic E-state index is 13.3. The third-order valence-corrected chi connectivity index (χ3v) is 2.38. The van der Waals surface area contributed by atoms with Gasteiger partial charge in [0.2, 0.25) is 5.82 Å². The number of carbonyl (C=O) groups excluding carboxylic acids is 1. The summed E-state index contributed by atoms with van der Waals surface area (Å²) in [6.45, 7) is 0.413. The highest BCUT2D eigenvalue weighted by Gasteiger charge is 2.23. The molecule has 1 aromatic rings. The van der Waals surface area contributed by atoms with Gasteiger partial charge < -0.3 is 4.74 Å². The molecular formula is C11H10F2O2. The Balaban J connectivity index is 2.16. The van der Waals surface area contributed by atoms with Crippen molar-refractivity contribution in [2.24, 2.45) is 5.92 Å². The molecule has 0 saturated heterocycles. The van der Waals surface area contributed by atoms with Gasteiger partial charge in [0.05, 0.1) is 12.2 Å². The van der Waals surface area contributed by atoms with Gasteiger partial charge in [-0.15, -0.1) is 0 Å². The minimum absolute atomic E-state index is 0.120. The molecule has 1 aromatic carbocycles. The van der Waals surface area contributed by atoms with Gasteiger partial charge >= 0.3 is 0 Å². The van der Waals surface area contributed by atoms with Gasteiger partial charge in [0, 0.05) is 0 Å². The Morgan fingerprint density at radius 2 is 2.07 bits per heavy atom. The molecule has 0 spiro atoms. The van der Waals surface area contributed by atoms with Crippen LogP contribution in [0.1, 0.15) is 23.2 Å². The summed E-state index contributed by atoms with van der Waals surface area (Å²) in [5.74, 6) is -1.87. The van der Waals surface area contributed by atoms with Gasteiger partial charge in [-0.1, -0.05) is 0 Å². The summed E-state index contributed by atoms with van der Waals surface area (Å²) < 4.78 is 31.5. The molecule has 0 heterocycles. The van der Waals surface area contributed by atoms with Crippen LogP contribution in [0.5, 0.6) is 5.75 Å². The van der Waals surface area contributed by atoms with E-state index in [1.165, 1.54) is 12.1 Å². The lowest BCUT2D eigenvalue weighted by atomic mass is 10.2. The molecule has 0 N–H and O–H groups in total. The van der Waals surface area contributed by atoms with Gasteiger partial charge in [-0.3, -0.25) is 4.79 Å². The summed E-state index contributed by atoms with van der Waals surface area (Å²) in [4.78, 5) is 10.3. The van der Waals surface area contributed by atoms with Crippen molar-refractivity contribution in [1.82, 2.24) is 0 Å². The van der Waals surface area contributed by atoms with E-state index in [9.17, 15) is 13.6 Å². The fraction of sp³-hybridized carbons (Fsp3) is 0.364. The van der Waals surface area contributed by atoms with Crippen LogP contribution in [0.2, 0.25) is 0 Å². The normalized spacial score (nSPS) is 15.1. The van der Waals surface area contributed by atoms with Gasteiger partial charge in [0.15, 0.2) is 17.9 Å². The van der Waals surface area contributed by atoms with E-state index in [-0.39, 0.29) is 17.6 Å². The smallest absolute Gasteiger partial charge is 0.201 e. The standard InChI is InChI=1S/C11H10F2O2/c12-10-8(5-14)3-4-9(11(10)13)15-6-7-1-2-7/h3-5,7H,1-2,6H2. The Hall–Kier alpha value is -1.45. The Morgan fingerprint density at radius 1 is 1.33 bits per heavy atom. The summed E-state index contributed by atoms with van der Waals surface area (Å²) in [5.41, 5.74) is -0.286. The predicted molar refractivity (Wildman–Crippen MR) is 50.0 cm³/mol. The molecule has 4 heteroatoms. The molecule has 80 valence electrons. The van der Waals surface area contributed by atoms with Gasteiger partial charge in [0.25, 0.3) is 0 Å². The Kier molecular flexibility index (Phi) is 2.66. The molecule has 1 aliphatic carbocycles. The summed E-state index contributed by atoms with van der Waals surface area (Å²) >= 11 is 0. The molecule has 0 aliphatic heterocycles. The quantitative estimate of drug-likeness (QED) is 0.717. The number of hydrogen-bond acceptors (Lipinski definition) is 2. The van der Waals surface area contributed by atoms with E-state index < -0.39 is 11.6 Å². The molecule has 0 amide bonds. The average Bonchev–Trinajstić information content (AvgIpc) is 3.04. The molecule has 1 aliphatic rings. The first-order valence-corrected chi connectivity index (χ1v) is 4.78. The first kappa shape index (κ1) is 10.1. The molecule has 0 bridgehead atoms. The lowest BCUT2D eigenvalue weighted by Gasteiger charge is -2.07. The molecule has 15 heavy (non-hydrogen) atoms. The number of aldehydes is 1. The first-order chi connectivity index (χ1) is 7.22. The van der Waals surface area contributed by atoms with Crippen LogP contribution < -0.4 is 4.74 Å². The fourth-order valence-electron chi connectivity index (χ4n) is 1.24. The lowest BCUT2D eigenvalue weighted by molar-refractivity contribution is 0.111. The zero-order valence-electron chi connectivity index (χ0n) is 8.00. The van der Waals surface area contributed by atoms with Crippen LogP contribution in [-0.2, 0) is 0 Å². The Bertz CT molecular complexity index is 386. The van der Waals surface area contributed by atoms with Crippen molar-refractivity contribution in [3.8, 4) is 5.75 Å². The minimum Gasteiger partial charge on any atom is -0.490 e. The van der Waals surface area contributed by atoms with Gasteiger partial charge in [0.1, 0.15) is 0 Å².